The zero-order valence-electron chi connectivity index (χ0n) is 29.3. The van der Waals surface area contributed by atoms with Gasteiger partial charge in [0.15, 0.2) is 6.10 Å². The van der Waals surface area contributed by atoms with Crippen LogP contribution >= 0.6 is 0 Å². The molecule has 5 nitrogen and oxygen atoms in total. The van der Waals surface area contributed by atoms with E-state index in [1.807, 2.05) is 0 Å². The third-order valence-corrected chi connectivity index (χ3v) is 8.51. The summed E-state index contributed by atoms with van der Waals surface area (Å²) in [6.45, 7) is 8.83. The van der Waals surface area contributed by atoms with Crippen molar-refractivity contribution in [2.75, 3.05) is 13.2 Å². The fraction of sp³-hybridized carbons (Fsp3) is 0.947. The number of carbonyl (C=O) groups excluding carboxylic acids is 2. The number of carbonyl (C=O) groups is 2. The standard InChI is InChI=1S/C38H74O5/c1-34(2)28-24-20-16-12-8-6-5-7-9-15-19-23-27-31-38(41)43-36(32-39)33-42-37(40)30-26-22-18-14-11-10-13-17-21-25-29-35(3)4/h34-36,39H,5-33H2,1-4H3/t36-/m0/s1. The number of unbranched alkanes of at least 4 members (excludes halogenated alkanes) is 21. The van der Waals surface area contributed by atoms with Gasteiger partial charge in [0.1, 0.15) is 6.61 Å². The van der Waals surface area contributed by atoms with Crippen LogP contribution in [0.4, 0.5) is 0 Å². The summed E-state index contributed by atoms with van der Waals surface area (Å²) in [5.74, 6) is 1.09. The summed E-state index contributed by atoms with van der Waals surface area (Å²) in [5.41, 5.74) is 0. The lowest BCUT2D eigenvalue weighted by Crippen LogP contribution is -2.28. The lowest BCUT2D eigenvalue weighted by Gasteiger charge is -2.15. The minimum Gasteiger partial charge on any atom is -0.462 e. The Morgan fingerprint density at radius 2 is 0.767 bits per heavy atom. The van der Waals surface area contributed by atoms with E-state index < -0.39 is 6.10 Å². The zero-order valence-corrected chi connectivity index (χ0v) is 29.3. The van der Waals surface area contributed by atoms with Crippen molar-refractivity contribution in [2.45, 2.75) is 207 Å². The largest absolute Gasteiger partial charge is 0.462 e. The number of aliphatic hydroxyl groups is 1. The van der Waals surface area contributed by atoms with Crippen molar-refractivity contribution < 1.29 is 24.2 Å². The van der Waals surface area contributed by atoms with Crippen LogP contribution in [0.15, 0.2) is 0 Å². The smallest absolute Gasteiger partial charge is 0.306 e. The summed E-state index contributed by atoms with van der Waals surface area (Å²) >= 11 is 0. The first-order valence-corrected chi connectivity index (χ1v) is 18.8. The van der Waals surface area contributed by atoms with Crippen molar-refractivity contribution in [1.82, 2.24) is 0 Å². The van der Waals surface area contributed by atoms with Crippen molar-refractivity contribution in [3.05, 3.63) is 0 Å². The Bertz CT molecular complexity index is 603. The normalized spacial score (nSPS) is 12.3. The number of esters is 2. The quantitative estimate of drug-likeness (QED) is 0.0591. The lowest BCUT2D eigenvalue weighted by molar-refractivity contribution is -0.161. The first-order chi connectivity index (χ1) is 20.8. The highest BCUT2D eigenvalue weighted by Gasteiger charge is 2.16. The molecule has 0 aromatic heterocycles. The predicted molar refractivity (Wildman–Crippen MR) is 182 cm³/mol. The Morgan fingerprint density at radius 3 is 1.09 bits per heavy atom. The highest BCUT2D eigenvalue weighted by atomic mass is 16.6. The number of hydrogen-bond donors (Lipinski definition) is 1. The number of aliphatic hydroxyl groups excluding tert-OH is 1. The van der Waals surface area contributed by atoms with Gasteiger partial charge in [-0.25, -0.2) is 0 Å². The molecule has 0 radical (unpaired) electrons. The van der Waals surface area contributed by atoms with Gasteiger partial charge in [-0.15, -0.1) is 0 Å². The second-order valence-corrected chi connectivity index (χ2v) is 14.0. The van der Waals surface area contributed by atoms with Gasteiger partial charge in [-0.05, 0) is 24.7 Å². The number of hydrogen-bond acceptors (Lipinski definition) is 5. The molecule has 0 aliphatic heterocycles. The molecule has 43 heavy (non-hydrogen) atoms. The summed E-state index contributed by atoms with van der Waals surface area (Å²) < 4.78 is 10.6. The fourth-order valence-electron chi connectivity index (χ4n) is 5.63. The Kier molecular flexibility index (Phi) is 31.5. The molecule has 1 atom stereocenters. The van der Waals surface area contributed by atoms with Crippen LogP contribution in [-0.4, -0.2) is 36.4 Å². The van der Waals surface area contributed by atoms with Crippen LogP contribution in [0.3, 0.4) is 0 Å². The molecule has 5 heteroatoms. The molecule has 0 aromatic carbocycles. The molecular formula is C38H74O5. The van der Waals surface area contributed by atoms with E-state index >= 15 is 0 Å². The van der Waals surface area contributed by atoms with E-state index in [4.69, 9.17) is 9.47 Å². The second kappa shape index (κ2) is 32.3. The average Bonchev–Trinajstić information content (AvgIpc) is 2.97. The molecule has 0 unspecified atom stereocenters. The molecule has 0 heterocycles. The highest BCUT2D eigenvalue weighted by molar-refractivity contribution is 5.70. The van der Waals surface area contributed by atoms with Gasteiger partial charge < -0.3 is 14.6 Å². The maximum atomic E-state index is 12.1. The van der Waals surface area contributed by atoms with Gasteiger partial charge in [0.05, 0.1) is 6.61 Å². The van der Waals surface area contributed by atoms with Crippen LogP contribution < -0.4 is 0 Å². The van der Waals surface area contributed by atoms with E-state index in [0.717, 1.165) is 50.4 Å². The Hall–Kier alpha value is -1.10. The molecule has 1 N–H and O–H groups in total. The molecule has 0 fully saturated rings. The average molecular weight is 611 g/mol. The van der Waals surface area contributed by atoms with E-state index in [1.54, 1.807) is 0 Å². The topological polar surface area (TPSA) is 72.8 Å². The van der Waals surface area contributed by atoms with Gasteiger partial charge in [0, 0.05) is 12.8 Å². The van der Waals surface area contributed by atoms with Crippen molar-refractivity contribution in [3.8, 4) is 0 Å². The SMILES string of the molecule is CC(C)CCCCCCCCCCCCCCCC(=O)O[C@@H](CO)COC(=O)CCCCCCCCCCCCC(C)C. The second-order valence-electron chi connectivity index (χ2n) is 14.0. The van der Waals surface area contributed by atoms with Crippen molar-refractivity contribution in [3.63, 3.8) is 0 Å². The van der Waals surface area contributed by atoms with Gasteiger partial charge in [0.2, 0.25) is 0 Å². The molecular weight excluding hydrogens is 536 g/mol. The molecule has 0 saturated heterocycles. The van der Waals surface area contributed by atoms with Crippen LogP contribution in [0.1, 0.15) is 201 Å². The molecule has 0 saturated carbocycles. The molecule has 0 aliphatic carbocycles. The lowest BCUT2D eigenvalue weighted by atomic mass is 10.0. The van der Waals surface area contributed by atoms with E-state index in [1.165, 1.54) is 122 Å². The molecule has 0 bridgehead atoms. The Balaban J connectivity index is 3.52. The van der Waals surface area contributed by atoms with E-state index in [9.17, 15) is 14.7 Å². The monoisotopic (exact) mass is 611 g/mol. The third-order valence-electron chi connectivity index (χ3n) is 8.51. The minimum atomic E-state index is -0.762. The molecule has 0 rings (SSSR count). The van der Waals surface area contributed by atoms with E-state index in [-0.39, 0.29) is 25.2 Å². The maximum Gasteiger partial charge on any atom is 0.306 e. The van der Waals surface area contributed by atoms with Gasteiger partial charge in [-0.3, -0.25) is 9.59 Å². The molecule has 0 spiro atoms. The van der Waals surface area contributed by atoms with Crippen LogP contribution in [0.2, 0.25) is 0 Å². The highest BCUT2D eigenvalue weighted by Crippen LogP contribution is 2.16. The van der Waals surface area contributed by atoms with Gasteiger partial charge in [-0.2, -0.15) is 0 Å². The van der Waals surface area contributed by atoms with Crippen LogP contribution in [0, 0.1) is 11.8 Å². The van der Waals surface area contributed by atoms with Crippen molar-refractivity contribution in [2.24, 2.45) is 11.8 Å². The maximum absolute atomic E-state index is 12.1. The first-order valence-electron chi connectivity index (χ1n) is 18.8. The molecule has 0 amide bonds. The number of ether oxygens (including phenoxy) is 2. The van der Waals surface area contributed by atoms with E-state index in [2.05, 4.69) is 27.7 Å². The predicted octanol–water partition coefficient (Wildman–Crippen LogP) is 11.3. The minimum absolute atomic E-state index is 0.0592. The Morgan fingerprint density at radius 1 is 0.465 bits per heavy atom. The summed E-state index contributed by atoms with van der Waals surface area (Å²) in [4.78, 5) is 24.2. The molecule has 256 valence electrons. The van der Waals surface area contributed by atoms with Crippen molar-refractivity contribution >= 4 is 11.9 Å². The van der Waals surface area contributed by atoms with Gasteiger partial charge in [-0.1, -0.05) is 175 Å². The summed E-state index contributed by atoms with van der Waals surface area (Å²) in [7, 11) is 0. The van der Waals surface area contributed by atoms with Crippen LogP contribution in [-0.2, 0) is 19.1 Å². The van der Waals surface area contributed by atoms with Crippen LogP contribution in [0.5, 0.6) is 0 Å². The number of rotatable bonds is 33. The fourth-order valence-corrected chi connectivity index (χ4v) is 5.63. The van der Waals surface area contributed by atoms with Crippen molar-refractivity contribution in [1.29, 1.82) is 0 Å². The van der Waals surface area contributed by atoms with Crippen LogP contribution in [0.25, 0.3) is 0 Å². The molecule has 0 aliphatic rings. The van der Waals surface area contributed by atoms with Gasteiger partial charge in [0.25, 0.3) is 0 Å². The van der Waals surface area contributed by atoms with E-state index in [0.29, 0.717) is 12.8 Å². The first kappa shape index (κ1) is 41.9. The molecule has 0 aromatic rings. The Labute approximate surface area is 268 Å². The third kappa shape index (κ3) is 33.6. The zero-order chi connectivity index (χ0) is 31.8. The summed E-state index contributed by atoms with van der Waals surface area (Å²) in [5, 5.41) is 9.53. The summed E-state index contributed by atoms with van der Waals surface area (Å²) in [6, 6.07) is 0. The van der Waals surface area contributed by atoms with Gasteiger partial charge >= 0.3 is 11.9 Å². The summed E-state index contributed by atoms with van der Waals surface area (Å²) in [6.07, 6.45) is 31.6.